The molecule has 2 N–H and O–H groups in total. The summed E-state index contributed by atoms with van der Waals surface area (Å²) in [6.45, 7) is 1.13. The van der Waals surface area contributed by atoms with Crippen molar-refractivity contribution in [2.24, 2.45) is 5.73 Å². The van der Waals surface area contributed by atoms with E-state index in [1.807, 2.05) is 24.3 Å². The minimum Gasteiger partial charge on any atom is -0.493 e. The van der Waals surface area contributed by atoms with Gasteiger partial charge in [-0.15, -0.1) is 0 Å². The van der Waals surface area contributed by atoms with Crippen LogP contribution >= 0.6 is 0 Å². The van der Waals surface area contributed by atoms with Crippen molar-refractivity contribution in [3.8, 4) is 11.5 Å². The van der Waals surface area contributed by atoms with E-state index in [4.69, 9.17) is 15.2 Å². The van der Waals surface area contributed by atoms with Crippen LogP contribution in [0.25, 0.3) is 0 Å². The largest absolute Gasteiger partial charge is 0.493 e. The summed E-state index contributed by atoms with van der Waals surface area (Å²) in [5, 5.41) is 0. The molecule has 2 aromatic carbocycles. The summed E-state index contributed by atoms with van der Waals surface area (Å²) in [6.07, 6.45) is 0.558. The molecule has 5 heteroatoms. The molecule has 0 aliphatic carbocycles. The van der Waals surface area contributed by atoms with Crippen LogP contribution in [-0.4, -0.2) is 13.2 Å². The standard InChI is InChI=1S/C16H17F2NO2/c17-13-5-6-15(18)16(10-13)21-8-2-7-20-14-4-1-3-12(9-14)11-19/h1,3-6,9-10H,2,7-8,11,19H2. The Morgan fingerprint density at radius 2 is 1.76 bits per heavy atom. The topological polar surface area (TPSA) is 44.5 Å². The highest BCUT2D eigenvalue weighted by Crippen LogP contribution is 2.18. The van der Waals surface area contributed by atoms with Crippen LogP contribution < -0.4 is 15.2 Å². The predicted octanol–water partition coefficient (Wildman–Crippen LogP) is 3.27. The summed E-state index contributed by atoms with van der Waals surface area (Å²) in [6, 6.07) is 10.6. The first-order chi connectivity index (χ1) is 10.2. The van der Waals surface area contributed by atoms with Gasteiger partial charge in [0.2, 0.25) is 0 Å². The first-order valence-corrected chi connectivity index (χ1v) is 6.68. The van der Waals surface area contributed by atoms with Crippen LogP contribution in [0.2, 0.25) is 0 Å². The molecule has 2 rings (SSSR count). The second-order valence-corrected chi connectivity index (χ2v) is 4.48. The van der Waals surface area contributed by atoms with Crippen LogP contribution in [0.3, 0.4) is 0 Å². The number of nitrogens with two attached hydrogens (primary N) is 1. The Bertz CT molecular complexity index is 590. The van der Waals surface area contributed by atoms with Crippen LogP contribution in [0.1, 0.15) is 12.0 Å². The van der Waals surface area contributed by atoms with Crippen molar-refractivity contribution in [2.75, 3.05) is 13.2 Å². The van der Waals surface area contributed by atoms with E-state index in [0.717, 1.165) is 29.5 Å². The van der Waals surface area contributed by atoms with Gasteiger partial charge < -0.3 is 15.2 Å². The molecule has 0 unspecified atom stereocenters. The molecule has 0 fully saturated rings. The molecule has 0 saturated heterocycles. The van der Waals surface area contributed by atoms with Crippen molar-refractivity contribution in [3.63, 3.8) is 0 Å². The van der Waals surface area contributed by atoms with Crippen LogP contribution in [0, 0.1) is 11.6 Å². The molecule has 2 aromatic rings. The summed E-state index contributed by atoms with van der Waals surface area (Å²) >= 11 is 0. The van der Waals surface area contributed by atoms with Gasteiger partial charge in [0.1, 0.15) is 11.6 Å². The summed E-state index contributed by atoms with van der Waals surface area (Å²) in [5.41, 5.74) is 6.54. The van der Waals surface area contributed by atoms with E-state index in [1.165, 1.54) is 0 Å². The molecule has 0 bridgehead atoms. The van der Waals surface area contributed by atoms with Crippen molar-refractivity contribution in [1.29, 1.82) is 0 Å². The number of hydrogen-bond donors (Lipinski definition) is 1. The smallest absolute Gasteiger partial charge is 0.165 e. The second-order valence-electron chi connectivity index (χ2n) is 4.48. The lowest BCUT2D eigenvalue weighted by Crippen LogP contribution is -2.06. The highest BCUT2D eigenvalue weighted by molar-refractivity contribution is 5.28. The van der Waals surface area contributed by atoms with Crippen molar-refractivity contribution in [2.45, 2.75) is 13.0 Å². The molecule has 0 spiro atoms. The van der Waals surface area contributed by atoms with Crippen molar-refractivity contribution < 1.29 is 18.3 Å². The van der Waals surface area contributed by atoms with Gasteiger partial charge in [0.25, 0.3) is 0 Å². The van der Waals surface area contributed by atoms with E-state index < -0.39 is 11.6 Å². The zero-order valence-corrected chi connectivity index (χ0v) is 11.5. The Morgan fingerprint density at radius 3 is 2.57 bits per heavy atom. The average Bonchev–Trinajstić information content (AvgIpc) is 2.50. The first kappa shape index (κ1) is 15.3. The van der Waals surface area contributed by atoms with Crippen molar-refractivity contribution >= 4 is 0 Å². The van der Waals surface area contributed by atoms with Gasteiger partial charge in [-0.05, 0) is 29.8 Å². The fourth-order valence-corrected chi connectivity index (χ4v) is 1.78. The number of ether oxygens (including phenoxy) is 2. The van der Waals surface area contributed by atoms with E-state index in [1.54, 1.807) is 0 Å². The van der Waals surface area contributed by atoms with Crippen LogP contribution in [0.15, 0.2) is 42.5 Å². The van der Waals surface area contributed by atoms with Gasteiger partial charge in [0.15, 0.2) is 11.6 Å². The summed E-state index contributed by atoms with van der Waals surface area (Å²) in [4.78, 5) is 0. The molecule has 3 nitrogen and oxygen atoms in total. The lowest BCUT2D eigenvalue weighted by Gasteiger charge is -2.09. The normalized spacial score (nSPS) is 10.4. The van der Waals surface area contributed by atoms with Gasteiger partial charge >= 0.3 is 0 Å². The Balaban J connectivity index is 1.73. The maximum Gasteiger partial charge on any atom is 0.165 e. The van der Waals surface area contributed by atoms with Gasteiger partial charge in [-0.25, -0.2) is 8.78 Å². The zero-order valence-electron chi connectivity index (χ0n) is 11.5. The molecule has 0 atom stereocenters. The molecular weight excluding hydrogens is 276 g/mol. The fourth-order valence-electron chi connectivity index (χ4n) is 1.78. The van der Waals surface area contributed by atoms with E-state index in [2.05, 4.69) is 0 Å². The maximum atomic E-state index is 13.3. The van der Waals surface area contributed by atoms with Gasteiger partial charge in [0.05, 0.1) is 13.2 Å². The lowest BCUT2D eigenvalue weighted by molar-refractivity contribution is 0.240. The van der Waals surface area contributed by atoms with Gasteiger partial charge in [-0.3, -0.25) is 0 Å². The Labute approximate surface area is 122 Å². The third kappa shape index (κ3) is 4.72. The Hall–Kier alpha value is -2.14. The summed E-state index contributed by atoms with van der Waals surface area (Å²) < 4.78 is 36.9. The molecule has 0 saturated carbocycles. The van der Waals surface area contributed by atoms with Crippen molar-refractivity contribution in [1.82, 2.24) is 0 Å². The molecule has 0 heterocycles. The molecule has 112 valence electrons. The number of rotatable bonds is 7. The third-order valence-electron chi connectivity index (χ3n) is 2.84. The minimum absolute atomic E-state index is 0.0832. The number of hydrogen-bond acceptors (Lipinski definition) is 3. The van der Waals surface area contributed by atoms with Crippen molar-refractivity contribution in [3.05, 3.63) is 59.7 Å². The molecule has 0 aliphatic heterocycles. The van der Waals surface area contributed by atoms with Crippen LogP contribution in [0.4, 0.5) is 8.78 Å². The van der Waals surface area contributed by atoms with Crippen LogP contribution in [-0.2, 0) is 6.54 Å². The predicted molar refractivity (Wildman–Crippen MR) is 76.3 cm³/mol. The first-order valence-electron chi connectivity index (χ1n) is 6.68. The molecular formula is C16H17F2NO2. The number of benzene rings is 2. The SMILES string of the molecule is NCc1cccc(OCCCOc2cc(F)ccc2F)c1. The molecule has 0 aliphatic rings. The van der Waals surface area contributed by atoms with E-state index in [-0.39, 0.29) is 12.4 Å². The summed E-state index contributed by atoms with van der Waals surface area (Å²) in [5.74, 6) is -0.454. The Morgan fingerprint density at radius 1 is 0.952 bits per heavy atom. The Kier molecular flexibility index (Phi) is 5.51. The highest BCUT2D eigenvalue weighted by Gasteiger charge is 2.04. The monoisotopic (exact) mass is 293 g/mol. The van der Waals surface area contributed by atoms with E-state index in [9.17, 15) is 8.78 Å². The maximum absolute atomic E-state index is 13.3. The zero-order chi connectivity index (χ0) is 15.1. The quantitative estimate of drug-likeness (QED) is 0.797. The van der Waals surface area contributed by atoms with Gasteiger partial charge in [-0.1, -0.05) is 12.1 Å². The van der Waals surface area contributed by atoms with Crippen LogP contribution in [0.5, 0.6) is 11.5 Å². The fraction of sp³-hybridized carbons (Fsp3) is 0.250. The highest BCUT2D eigenvalue weighted by atomic mass is 19.1. The van der Waals surface area contributed by atoms with E-state index >= 15 is 0 Å². The molecule has 0 aromatic heterocycles. The molecule has 0 radical (unpaired) electrons. The second kappa shape index (κ2) is 7.59. The minimum atomic E-state index is -0.576. The molecule has 21 heavy (non-hydrogen) atoms. The van der Waals surface area contributed by atoms with Gasteiger partial charge in [0, 0.05) is 19.0 Å². The lowest BCUT2D eigenvalue weighted by atomic mass is 10.2. The third-order valence-corrected chi connectivity index (χ3v) is 2.84. The molecule has 0 amide bonds. The summed E-state index contributed by atoms with van der Waals surface area (Å²) in [7, 11) is 0. The number of halogens is 2. The van der Waals surface area contributed by atoms with Gasteiger partial charge in [-0.2, -0.15) is 0 Å². The van der Waals surface area contributed by atoms with E-state index in [0.29, 0.717) is 19.6 Å². The average molecular weight is 293 g/mol.